The van der Waals surface area contributed by atoms with Gasteiger partial charge in [0, 0.05) is 24.9 Å². The molecule has 0 unspecified atom stereocenters. The first kappa shape index (κ1) is 14.2. The summed E-state index contributed by atoms with van der Waals surface area (Å²) in [7, 11) is 0. The minimum absolute atomic E-state index is 0.0158. The number of amides is 2. The van der Waals surface area contributed by atoms with E-state index < -0.39 is 11.8 Å². The van der Waals surface area contributed by atoms with Crippen molar-refractivity contribution in [2.75, 3.05) is 17.6 Å². The van der Waals surface area contributed by atoms with Crippen LogP contribution < -0.4 is 10.6 Å². The topological polar surface area (TPSA) is 75.3 Å². The van der Waals surface area contributed by atoms with Gasteiger partial charge in [0.15, 0.2) is 5.12 Å². The minimum atomic E-state index is -0.714. The Balaban J connectivity index is 2.29. The zero-order valence-electron chi connectivity index (χ0n) is 9.93. The van der Waals surface area contributed by atoms with E-state index in [1.165, 1.54) is 6.92 Å². The van der Waals surface area contributed by atoms with E-state index in [-0.39, 0.29) is 11.7 Å². The summed E-state index contributed by atoms with van der Waals surface area (Å²) in [6.45, 7) is 1.74. The molecule has 0 aliphatic heterocycles. The molecule has 0 aliphatic carbocycles. The minimum Gasteiger partial charge on any atom is -0.347 e. The molecule has 0 aromatic heterocycles. The van der Waals surface area contributed by atoms with Crippen LogP contribution in [-0.2, 0) is 14.4 Å². The van der Waals surface area contributed by atoms with Gasteiger partial charge in [-0.1, -0.05) is 30.0 Å². The quantitative estimate of drug-likeness (QED) is 0.630. The highest BCUT2D eigenvalue weighted by atomic mass is 32.2. The number of carbonyl (C=O) groups is 3. The van der Waals surface area contributed by atoms with E-state index in [0.717, 1.165) is 11.8 Å². The molecule has 0 heterocycles. The summed E-state index contributed by atoms with van der Waals surface area (Å²) in [6, 6.07) is 8.72. The third kappa shape index (κ3) is 5.49. The monoisotopic (exact) mass is 266 g/mol. The van der Waals surface area contributed by atoms with Crippen molar-refractivity contribution in [3.8, 4) is 0 Å². The Morgan fingerprint density at radius 2 is 1.78 bits per heavy atom. The van der Waals surface area contributed by atoms with Crippen molar-refractivity contribution >= 4 is 34.4 Å². The normalized spacial score (nSPS) is 9.61. The molecule has 18 heavy (non-hydrogen) atoms. The Morgan fingerprint density at radius 1 is 1.11 bits per heavy atom. The number of carbonyl (C=O) groups excluding carboxylic acids is 3. The molecule has 0 fully saturated rings. The third-order valence-corrected chi connectivity index (χ3v) is 2.75. The van der Waals surface area contributed by atoms with Crippen LogP contribution in [-0.4, -0.2) is 29.2 Å². The van der Waals surface area contributed by atoms with E-state index >= 15 is 0 Å². The van der Waals surface area contributed by atoms with E-state index in [0.29, 0.717) is 11.4 Å². The first-order valence-corrected chi connectivity index (χ1v) is 6.36. The number of benzene rings is 1. The molecule has 5 nitrogen and oxygen atoms in total. The molecular formula is C12H14N2O3S. The van der Waals surface area contributed by atoms with Gasteiger partial charge in [-0.3, -0.25) is 14.4 Å². The lowest BCUT2D eigenvalue weighted by Crippen LogP contribution is -2.36. The van der Waals surface area contributed by atoms with E-state index in [1.54, 1.807) is 24.3 Å². The van der Waals surface area contributed by atoms with Crippen LogP contribution >= 0.6 is 11.8 Å². The SMILES string of the molecule is CC(=O)SCCNC(=O)C(=O)Nc1ccccc1. The molecular weight excluding hydrogens is 252 g/mol. The summed E-state index contributed by atoms with van der Waals surface area (Å²) in [5, 5.41) is 4.88. The van der Waals surface area contributed by atoms with Crippen LogP contribution in [0.3, 0.4) is 0 Å². The smallest absolute Gasteiger partial charge is 0.313 e. The summed E-state index contributed by atoms with van der Waals surface area (Å²) in [5.74, 6) is -0.961. The Hall–Kier alpha value is -1.82. The van der Waals surface area contributed by atoms with E-state index in [4.69, 9.17) is 0 Å². The molecule has 0 atom stereocenters. The van der Waals surface area contributed by atoms with E-state index in [1.807, 2.05) is 6.07 Å². The van der Waals surface area contributed by atoms with Crippen LogP contribution in [0.2, 0.25) is 0 Å². The van der Waals surface area contributed by atoms with Crippen LogP contribution in [0.1, 0.15) is 6.92 Å². The van der Waals surface area contributed by atoms with E-state index in [9.17, 15) is 14.4 Å². The first-order chi connectivity index (χ1) is 8.59. The predicted molar refractivity (Wildman–Crippen MR) is 71.2 cm³/mol. The van der Waals surface area contributed by atoms with Crippen molar-refractivity contribution in [1.82, 2.24) is 5.32 Å². The zero-order valence-corrected chi connectivity index (χ0v) is 10.8. The van der Waals surface area contributed by atoms with Crippen LogP contribution in [0, 0.1) is 0 Å². The molecule has 1 rings (SSSR count). The molecule has 0 radical (unpaired) electrons. The van der Waals surface area contributed by atoms with Gasteiger partial charge in [-0.15, -0.1) is 0 Å². The van der Waals surface area contributed by atoms with Crippen molar-refractivity contribution < 1.29 is 14.4 Å². The lowest BCUT2D eigenvalue weighted by atomic mass is 10.3. The lowest BCUT2D eigenvalue weighted by molar-refractivity contribution is -0.136. The fraction of sp³-hybridized carbons (Fsp3) is 0.250. The molecule has 2 N–H and O–H groups in total. The molecule has 96 valence electrons. The van der Waals surface area contributed by atoms with Gasteiger partial charge >= 0.3 is 11.8 Å². The van der Waals surface area contributed by atoms with Crippen molar-refractivity contribution in [3.05, 3.63) is 30.3 Å². The van der Waals surface area contributed by atoms with Crippen molar-refractivity contribution in [2.24, 2.45) is 0 Å². The molecule has 1 aromatic rings. The molecule has 0 spiro atoms. The van der Waals surface area contributed by atoms with E-state index in [2.05, 4.69) is 10.6 Å². The van der Waals surface area contributed by atoms with Crippen LogP contribution in [0.15, 0.2) is 30.3 Å². The number of nitrogens with one attached hydrogen (secondary N) is 2. The van der Waals surface area contributed by atoms with Gasteiger partial charge in [0.05, 0.1) is 0 Å². The summed E-state index contributed by atoms with van der Waals surface area (Å²) in [5.41, 5.74) is 0.566. The van der Waals surface area contributed by atoms with Crippen molar-refractivity contribution in [2.45, 2.75) is 6.92 Å². The van der Waals surface area contributed by atoms with Gasteiger partial charge in [0.25, 0.3) is 0 Å². The summed E-state index contributed by atoms with van der Waals surface area (Å²) < 4.78 is 0. The Labute approximate surface area is 109 Å². The van der Waals surface area contributed by atoms with Crippen molar-refractivity contribution in [3.63, 3.8) is 0 Å². The average Bonchev–Trinajstić information content (AvgIpc) is 2.35. The largest absolute Gasteiger partial charge is 0.347 e. The van der Waals surface area contributed by atoms with Crippen molar-refractivity contribution in [1.29, 1.82) is 0 Å². The van der Waals surface area contributed by atoms with Gasteiger partial charge in [-0.2, -0.15) is 0 Å². The summed E-state index contributed by atoms with van der Waals surface area (Å²) in [6.07, 6.45) is 0. The second-order valence-electron chi connectivity index (χ2n) is 3.42. The zero-order chi connectivity index (χ0) is 13.4. The number of hydrogen-bond donors (Lipinski definition) is 2. The van der Waals surface area contributed by atoms with Gasteiger partial charge in [0.1, 0.15) is 0 Å². The third-order valence-electron chi connectivity index (χ3n) is 1.93. The number of hydrogen-bond acceptors (Lipinski definition) is 4. The average molecular weight is 266 g/mol. The predicted octanol–water partition coefficient (Wildman–Crippen LogP) is 1.02. The highest BCUT2D eigenvalue weighted by Crippen LogP contribution is 2.04. The number of thioether (sulfide) groups is 1. The molecule has 2 amide bonds. The maximum atomic E-state index is 11.4. The van der Waals surface area contributed by atoms with Gasteiger partial charge in [0.2, 0.25) is 0 Å². The van der Waals surface area contributed by atoms with Crippen LogP contribution in [0.25, 0.3) is 0 Å². The summed E-state index contributed by atoms with van der Waals surface area (Å²) in [4.78, 5) is 33.5. The highest BCUT2D eigenvalue weighted by molar-refractivity contribution is 8.13. The Bertz CT molecular complexity index is 434. The number of anilines is 1. The maximum absolute atomic E-state index is 11.4. The highest BCUT2D eigenvalue weighted by Gasteiger charge is 2.12. The van der Waals surface area contributed by atoms with Gasteiger partial charge in [-0.25, -0.2) is 0 Å². The van der Waals surface area contributed by atoms with Crippen LogP contribution in [0.4, 0.5) is 5.69 Å². The Kier molecular flexibility index (Phi) is 5.93. The molecule has 0 saturated carbocycles. The van der Waals surface area contributed by atoms with Crippen LogP contribution in [0.5, 0.6) is 0 Å². The number of rotatable bonds is 4. The van der Waals surface area contributed by atoms with Gasteiger partial charge < -0.3 is 10.6 Å². The maximum Gasteiger partial charge on any atom is 0.313 e. The summed E-state index contributed by atoms with van der Waals surface area (Å²) >= 11 is 1.10. The second kappa shape index (κ2) is 7.50. The molecule has 1 aromatic carbocycles. The molecule has 6 heteroatoms. The first-order valence-electron chi connectivity index (χ1n) is 5.37. The Morgan fingerprint density at radius 3 is 2.39 bits per heavy atom. The second-order valence-corrected chi connectivity index (χ2v) is 4.69. The fourth-order valence-electron chi connectivity index (χ4n) is 1.15. The standard InChI is InChI=1S/C12H14N2O3S/c1-9(15)18-8-7-13-11(16)12(17)14-10-5-3-2-4-6-10/h2-6H,7-8H2,1H3,(H,13,16)(H,14,17). The fourth-order valence-corrected chi connectivity index (χ4v) is 1.64. The van der Waals surface area contributed by atoms with Gasteiger partial charge in [-0.05, 0) is 12.1 Å². The lowest BCUT2D eigenvalue weighted by Gasteiger charge is -2.05. The molecule has 0 saturated heterocycles. The number of para-hydroxylation sites is 1. The molecule has 0 aliphatic rings. The molecule has 0 bridgehead atoms.